The number of aryl methyl sites for hydroxylation is 1. The van der Waals surface area contributed by atoms with Crippen molar-refractivity contribution < 1.29 is 16.8 Å². The first kappa shape index (κ1) is 17.4. The molecule has 1 aromatic rings. The van der Waals surface area contributed by atoms with Gasteiger partial charge in [0, 0.05) is 19.1 Å². The van der Waals surface area contributed by atoms with E-state index in [9.17, 15) is 16.8 Å². The van der Waals surface area contributed by atoms with Gasteiger partial charge in [-0.25, -0.2) is 25.9 Å². The fourth-order valence-electron chi connectivity index (χ4n) is 2.15. The molecule has 10 heteroatoms. The molecule has 1 aliphatic heterocycles. The Hall–Kier alpha value is -0.000000000000000111. The zero-order valence-electron chi connectivity index (χ0n) is 11.7. The number of sulfonamides is 2. The number of piperidine rings is 1. The molecule has 21 heavy (non-hydrogen) atoms. The highest BCUT2D eigenvalue weighted by atomic mass is 79.9. The van der Waals surface area contributed by atoms with E-state index in [2.05, 4.69) is 20.7 Å². The maximum atomic E-state index is 12.3. The fourth-order valence-corrected chi connectivity index (χ4v) is 6.57. The number of nitrogens with zero attached hydrogens (tertiary/aromatic N) is 1. The summed E-state index contributed by atoms with van der Waals surface area (Å²) in [4.78, 5) is 0. The SMILES string of the molecule is Cc1cc(S(=O)(=O)NC2CCN(S(C)(=O)=O)CC2)sc1Br. The average molecular weight is 417 g/mol. The smallest absolute Gasteiger partial charge is 0.213 e. The molecule has 0 saturated carbocycles. The molecule has 1 saturated heterocycles. The number of hydrogen-bond acceptors (Lipinski definition) is 5. The largest absolute Gasteiger partial charge is 0.250 e. The summed E-state index contributed by atoms with van der Waals surface area (Å²) >= 11 is 4.49. The highest BCUT2D eigenvalue weighted by Gasteiger charge is 2.28. The second-order valence-electron chi connectivity index (χ2n) is 5.08. The first-order valence-electron chi connectivity index (χ1n) is 6.33. The van der Waals surface area contributed by atoms with Crippen molar-refractivity contribution in [2.45, 2.75) is 30.0 Å². The number of hydrogen-bond donors (Lipinski definition) is 1. The third-order valence-electron chi connectivity index (χ3n) is 3.34. The van der Waals surface area contributed by atoms with Crippen molar-refractivity contribution >= 4 is 47.3 Å². The molecule has 0 amide bonds. The van der Waals surface area contributed by atoms with Gasteiger partial charge in [0.15, 0.2) is 0 Å². The molecule has 0 spiro atoms. The highest BCUT2D eigenvalue weighted by molar-refractivity contribution is 9.11. The van der Waals surface area contributed by atoms with Crippen molar-refractivity contribution in [3.8, 4) is 0 Å². The molecule has 1 aromatic heterocycles. The molecule has 0 aliphatic carbocycles. The van der Waals surface area contributed by atoms with Crippen LogP contribution in [0.5, 0.6) is 0 Å². The zero-order valence-corrected chi connectivity index (χ0v) is 15.7. The first-order valence-corrected chi connectivity index (χ1v) is 11.3. The van der Waals surface area contributed by atoms with Crippen LogP contribution < -0.4 is 4.72 Å². The van der Waals surface area contributed by atoms with E-state index in [0.717, 1.165) is 9.35 Å². The van der Waals surface area contributed by atoms with E-state index in [1.54, 1.807) is 6.07 Å². The van der Waals surface area contributed by atoms with E-state index >= 15 is 0 Å². The summed E-state index contributed by atoms with van der Waals surface area (Å²) < 4.78 is 52.5. The van der Waals surface area contributed by atoms with Gasteiger partial charge in [-0.1, -0.05) is 0 Å². The molecule has 0 radical (unpaired) electrons. The van der Waals surface area contributed by atoms with Crippen LogP contribution >= 0.6 is 27.3 Å². The Morgan fingerprint density at radius 2 is 1.86 bits per heavy atom. The van der Waals surface area contributed by atoms with Crippen LogP contribution in [0.2, 0.25) is 0 Å². The van der Waals surface area contributed by atoms with Crippen LogP contribution in [-0.2, 0) is 20.0 Å². The van der Waals surface area contributed by atoms with Gasteiger partial charge in [-0.3, -0.25) is 0 Å². The predicted molar refractivity (Wildman–Crippen MR) is 86.5 cm³/mol. The third-order valence-corrected chi connectivity index (χ3v) is 8.78. The predicted octanol–water partition coefficient (Wildman–Crippen LogP) is 1.52. The molecular weight excluding hydrogens is 400 g/mol. The van der Waals surface area contributed by atoms with E-state index in [0.29, 0.717) is 25.9 Å². The summed E-state index contributed by atoms with van der Waals surface area (Å²) in [6.45, 7) is 2.53. The summed E-state index contributed by atoms with van der Waals surface area (Å²) in [7, 11) is -6.74. The lowest BCUT2D eigenvalue weighted by atomic mass is 10.1. The number of halogens is 1. The van der Waals surface area contributed by atoms with Gasteiger partial charge >= 0.3 is 0 Å². The standard InChI is InChI=1S/C11H17BrN2O4S3/c1-8-7-10(19-11(8)12)21(17,18)13-9-3-5-14(6-4-9)20(2,15)16/h7,9,13H,3-6H2,1-2H3. The van der Waals surface area contributed by atoms with Crippen LogP contribution in [0, 0.1) is 6.92 Å². The van der Waals surface area contributed by atoms with Crippen molar-refractivity contribution in [2.24, 2.45) is 0 Å². The van der Waals surface area contributed by atoms with Crippen molar-refractivity contribution in [1.82, 2.24) is 9.03 Å². The molecular formula is C11H17BrN2O4S3. The van der Waals surface area contributed by atoms with E-state index in [1.807, 2.05) is 6.92 Å². The van der Waals surface area contributed by atoms with Crippen molar-refractivity contribution in [3.63, 3.8) is 0 Å². The molecule has 0 bridgehead atoms. The third kappa shape index (κ3) is 4.26. The Labute approximate surface area is 137 Å². The maximum Gasteiger partial charge on any atom is 0.250 e. The fraction of sp³-hybridized carbons (Fsp3) is 0.636. The highest BCUT2D eigenvalue weighted by Crippen LogP contribution is 2.30. The summed E-state index contributed by atoms with van der Waals surface area (Å²) in [6.07, 6.45) is 2.14. The second kappa shape index (κ2) is 6.25. The minimum atomic E-state index is -3.54. The number of rotatable bonds is 4. The van der Waals surface area contributed by atoms with E-state index in [1.165, 1.54) is 21.9 Å². The van der Waals surface area contributed by atoms with Gasteiger partial charge in [-0.15, -0.1) is 11.3 Å². The molecule has 6 nitrogen and oxygen atoms in total. The van der Waals surface area contributed by atoms with Crippen molar-refractivity contribution in [2.75, 3.05) is 19.3 Å². The lowest BCUT2D eigenvalue weighted by Gasteiger charge is -2.30. The monoisotopic (exact) mass is 416 g/mol. The summed E-state index contributed by atoms with van der Waals surface area (Å²) in [5.41, 5.74) is 0.882. The van der Waals surface area contributed by atoms with E-state index in [-0.39, 0.29) is 10.3 Å². The lowest BCUT2D eigenvalue weighted by molar-refractivity contribution is 0.310. The van der Waals surface area contributed by atoms with Crippen molar-refractivity contribution in [3.05, 3.63) is 15.4 Å². The van der Waals surface area contributed by atoms with Crippen LogP contribution in [0.1, 0.15) is 18.4 Å². The van der Waals surface area contributed by atoms with Gasteiger partial charge in [-0.05, 0) is 47.3 Å². The molecule has 1 aliphatic rings. The average Bonchev–Trinajstić information content (AvgIpc) is 2.69. The van der Waals surface area contributed by atoms with Gasteiger partial charge in [-0.2, -0.15) is 0 Å². The Bertz CT molecular complexity index is 699. The minimum Gasteiger partial charge on any atom is -0.213 e. The van der Waals surface area contributed by atoms with Gasteiger partial charge < -0.3 is 0 Å². The van der Waals surface area contributed by atoms with Crippen LogP contribution in [0.25, 0.3) is 0 Å². The molecule has 0 atom stereocenters. The van der Waals surface area contributed by atoms with Crippen LogP contribution in [-0.4, -0.2) is 46.5 Å². The van der Waals surface area contributed by atoms with Crippen LogP contribution in [0.3, 0.4) is 0 Å². The Morgan fingerprint density at radius 1 is 1.29 bits per heavy atom. The summed E-state index contributed by atoms with van der Waals surface area (Å²) in [5.74, 6) is 0. The Kier molecular flexibility index (Phi) is 5.16. The Morgan fingerprint density at radius 3 is 2.29 bits per heavy atom. The van der Waals surface area contributed by atoms with Crippen LogP contribution in [0.15, 0.2) is 14.1 Å². The quantitative estimate of drug-likeness (QED) is 0.805. The molecule has 2 heterocycles. The normalized spacial score (nSPS) is 19.0. The van der Waals surface area contributed by atoms with E-state index < -0.39 is 20.0 Å². The summed E-state index contributed by atoms with van der Waals surface area (Å²) in [5, 5.41) is 0. The minimum absolute atomic E-state index is 0.228. The topological polar surface area (TPSA) is 83.6 Å². The van der Waals surface area contributed by atoms with Crippen molar-refractivity contribution in [1.29, 1.82) is 0 Å². The Balaban J connectivity index is 2.03. The zero-order chi connectivity index (χ0) is 15.8. The first-order chi connectivity index (χ1) is 9.59. The van der Waals surface area contributed by atoms with Gasteiger partial charge in [0.2, 0.25) is 20.0 Å². The van der Waals surface area contributed by atoms with Gasteiger partial charge in [0.1, 0.15) is 4.21 Å². The molecule has 0 unspecified atom stereocenters. The number of nitrogens with one attached hydrogen (secondary N) is 1. The van der Waals surface area contributed by atoms with Crippen LogP contribution in [0.4, 0.5) is 0 Å². The molecule has 0 aromatic carbocycles. The molecule has 1 fully saturated rings. The molecule has 120 valence electrons. The molecule has 2 rings (SSSR count). The summed E-state index contributed by atoms with van der Waals surface area (Å²) in [6, 6.07) is 1.40. The number of thiophene rings is 1. The van der Waals surface area contributed by atoms with Gasteiger partial charge in [0.05, 0.1) is 10.0 Å². The molecule has 1 N–H and O–H groups in total. The van der Waals surface area contributed by atoms with Gasteiger partial charge in [0.25, 0.3) is 0 Å². The lowest BCUT2D eigenvalue weighted by Crippen LogP contribution is -2.46. The van der Waals surface area contributed by atoms with E-state index in [4.69, 9.17) is 0 Å². The maximum absolute atomic E-state index is 12.3. The second-order valence-corrected chi connectivity index (χ2v) is 11.4.